The van der Waals surface area contributed by atoms with Crippen molar-refractivity contribution in [3.05, 3.63) is 94.8 Å². The highest BCUT2D eigenvalue weighted by Gasteiger charge is 2.28. The van der Waals surface area contributed by atoms with E-state index in [4.69, 9.17) is 10.1 Å². The molecule has 0 saturated carbocycles. The molecule has 4 heterocycles. The molecular formula is C26H26FN5O2S. The van der Waals surface area contributed by atoms with Crippen LogP contribution in [-0.4, -0.2) is 38.7 Å². The van der Waals surface area contributed by atoms with Crippen molar-refractivity contribution in [1.82, 2.24) is 14.5 Å². The zero-order chi connectivity index (χ0) is 24.2. The number of aliphatic hydroxyl groups excluding tert-OH is 1. The van der Waals surface area contributed by atoms with Crippen molar-refractivity contribution in [3.63, 3.8) is 0 Å². The van der Waals surface area contributed by atoms with Crippen LogP contribution in [0, 0.1) is 5.95 Å². The zero-order valence-electron chi connectivity index (χ0n) is 19.1. The number of pyridine rings is 1. The number of aromatic nitrogens is 3. The predicted octanol–water partition coefficient (Wildman–Crippen LogP) is 4.66. The molecule has 0 bridgehead atoms. The third-order valence-corrected chi connectivity index (χ3v) is 6.99. The van der Waals surface area contributed by atoms with Crippen LogP contribution in [0.4, 0.5) is 15.2 Å². The number of anilines is 2. The van der Waals surface area contributed by atoms with E-state index in [1.165, 1.54) is 23.6 Å². The number of halogens is 1. The minimum absolute atomic E-state index is 0.145. The Morgan fingerprint density at radius 1 is 1.20 bits per heavy atom. The summed E-state index contributed by atoms with van der Waals surface area (Å²) in [5, 5.41) is 14.6. The molecule has 5 rings (SSSR count). The van der Waals surface area contributed by atoms with Gasteiger partial charge in [-0.3, -0.25) is 10.1 Å². The van der Waals surface area contributed by atoms with Crippen LogP contribution in [-0.2, 0) is 13.0 Å². The second-order valence-corrected chi connectivity index (χ2v) is 9.39. The smallest absolute Gasteiger partial charge is 0.274 e. The van der Waals surface area contributed by atoms with Crippen molar-refractivity contribution in [2.45, 2.75) is 31.8 Å². The van der Waals surface area contributed by atoms with Gasteiger partial charge in [-0.15, -0.1) is 11.3 Å². The first-order valence-corrected chi connectivity index (χ1v) is 12.5. The molecule has 35 heavy (non-hydrogen) atoms. The first-order chi connectivity index (χ1) is 17.1. The van der Waals surface area contributed by atoms with Gasteiger partial charge >= 0.3 is 0 Å². The number of amides is 1. The van der Waals surface area contributed by atoms with Crippen LogP contribution in [0.2, 0.25) is 0 Å². The summed E-state index contributed by atoms with van der Waals surface area (Å²) in [6.07, 6.45) is 5.94. The van der Waals surface area contributed by atoms with E-state index in [2.05, 4.69) is 39.5 Å². The molecule has 0 spiro atoms. The van der Waals surface area contributed by atoms with Crippen molar-refractivity contribution in [3.8, 4) is 0 Å². The number of hydrogen-bond donors (Lipinski definition) is 2. The maximum Gasteiger partial charge on any atom is 0.274 e. The quantitative estimate of drug-likeness (QED) is 0.351. The van der Waals surface area contributed by atoms with Gasteiger partial charge in [0.2, 0.25) is 5.95 Å². The van der Waals surface area contributed by atoms with Gasteiger partial charge in [-0.25, -0.2) is 9.97 Å². The van der Waals surface area contributed by atoms with Gasteiger partial charge in [0.05, 0.1) is 11.7 Å². The molecule has 1 amide bonds. The lowest BCUT2D eigenvalue weighted by atomic mass is 10.1. The Bertz CT molecular complexity index is 1300. The van der Waals surface area contributed by atoms with Gasteiger partial charge < -0.3 is 14.6 Å². The van der Waals surface area contributed by atoms with Gasteiger partial charge in [-0.05, 0) is 66.8 Å². The molecule has 0 radical (unpaired) electrons. The molecular weight excluding hydrogens is 465 g/mol. The van der Waals surface area contributed by atoms with Crippen molar-refractivity contribution in [2.24, 2.45) is 0 Å². The molecule has 7 nitrogen and oxygen atoms in total. The molecule has 0 unspecified atom stereocenters. The molecule has 0 aliphatic carbocycles. The molecule has 2 N–H and O–H groups in total. The second kappa shape index (κ2) is 10.4. The van der Waals surface area contributed by atoms with Crippen LogP contribution in [0.15, 0.2) is 66.3 Å². The second-order valence-electron chi connectivity index (χ2n) is 8.53. The fourth-order valence-corrected chi connectivity index (χ4v) is 5.27. The summed E-state index contributed by atoms with van der Waals surface area (Å²) < 4.78 is 15.2. The third-order valence-electron chi connectivity index (χ3n) is 6.21. The van der Waals surface area contributed by atoms with Crippen LogP contribution in [0.5, 0.6) is 0 Å². The number of aliphatic hydroxyl groups is 1. The van der Waals surface area contributed by atoms with Crippen LogP contribution < -0.4 is 10.2 Å². The fourth-order valence-electron chi connectivity index (χ4n) is 4.52. The van der Waals surface area contributed by atoms with Crippen LogP contribution in [0.1, 0.15) is 46.2 Å². The third kappa shape index (κ3) is 5.26. The monoisotopic (exact) mass is 491 g/mol. The molecule has 1 atom stereocenters. The van der Waals surface area contributed by atoms with Crippen molar-refractivity contribution >= 4 is 28.1 Å². The standard InChI is InChI=1S/C26H26FN5O2S/c27-24-15-19(9-11-28-24)16-31-12-1-4-23(31)25(34)30-26-29-21(17-35-26)22-3-2-13-32(22)20-7-5-18(6-8-20)10-14-33/h1,4-9,11-12,15,17,22,33H,2-3,10,13-14,16H2,(H,29,30,34)/t22-/m1/s1. The Hall–Kier alpha value is -3.56. The normalized spacial score (nSPS) is 15.5. The number of carbonyl (C=O) groups excluding carboxylic acids is 1. The summed E-state index contributed by atoms with van der Waals surface area (Å²) >= 11 is 1.42. The lowest BCUT2D eigenvalue weighted by Gasteiger charge is -2.25. The van der Waals surface area contributed by atoms with Crippen LogP contribution in [0.3, 0.4) is 0 Å². The van der Waals surface area contributed by atoms with Crippen molar-refractivity contribution < 1.29 is 14.3 Å². The lowest BCUT2D eigenvalue weighted by molar-refractivity contribution is 0.101. The number of carbonyl (C=O) groups is 1. The Morgan fingerprint density at radius 3 is 2.86 bits per heavy atom. The van der Waals surface area contributed by atoms with E-state index in [1.54, 1.807) is 29.0 Å². The Labute approximate surface area is 206 Å². The van der Waals surface area contributed by atoms with Crippen LogP contribution >= 0.6 is 11.3 Å². The SMILES string of the molecule is O=C(Nc1nc([C@H]2CCCN2c2ccc(CCO)cc2)cs1)c1cccn1Cc1ccnc(F)c1. The highest BCUT2D eigenvalue weighted by atomic mass is 32.1. The number of nitrogens with one attached hydrogen (secondary N) is 1. The maximum atomic E-state index is 13.4. The highest BCUT2D eigenvalue weighted by molar-refractivity contribution is 7.14. The number of rotatable bonds is 8. The van der Waals surface area contributed by atoms with Gasteiger partial charge in [0.15, 0.2) is 5.13 Å². The van der Waals surface area contributed by atoms with E-state index in [0.29, 0.717) is 23.8 Å². The van der Waals surface area contributed by atoms with Crippen molar-refractivity contribution in [1.29, 1.82) is 0 Å². The number of thiazole rings is 1. The Morgan fingerprint density at radius 2 is 2.06 bits per heavy atom. The summed E-state index contributed by atoms with van der Waals surface area (Å²) in [7, 11) is 0. The van der Waals surface area contributed by atoms with Gasteiger partial charge in [-0.2, -0.15) is 4.39 Å². The lowest BCUT2D eigenvalue weighted by Crippen LogP contribution is -2.23. The van der Waals surface area contributed by atoms with E-state index < -0.39 is 5.95 Å². The molecule has 180 valence electrons. The van der Waals surface area contributed by atoms with Gasteiger partial charge in [0, 0.05) is 43.2 Å². The Balaban J connectivity index is 1.27. The average Bonchev–Trinajstić information content (AvgIpc) is 3.61. The topological polar surface area (TPSA) is 83.3 Å². The van der Waals surface area contributed by atoms with E-state index in [9.17, 15) is 9.18 Å². The van der Waals surface area contributed by atoms with Crippen molar-refractivity contribution in [2.75, 3.05) is 23.4 Å². The molecule has 9 heteroatoms. The number of hydrogen-bond acceptors (Lipinski definition) is 6. The summed E-state index contributed by atoms with van der Waals surface area (Å²) in [4.78, 5) is 23.6. The molecule has 1 aliphatic heterocycles. The zero-order valence-corrected chi connectivity index (χ0v) is 19.9. The van der Waals surface area contributed by atoms with Gasteiger partial charge in [-0.1, -0.05) is 12.1 Å². The Kier molecular flexibility index (Phi) is 6.87. The number of benzene rings is 1. The number of nitrogens with zero attached hydrogens (tertiary/aromatic N) is 4. The first kappa shape index (κ1) is 23.2. The fraction of sp³-hybridized carbons (Fsp3) is 0.269. The molecule has 1 fully saturated rings. The summed E-state index contributed by atoms with van der Waals surface area (Å²) in [6, 6.07) is 15.1. The minimum atomic E-state index is -0.543. The molecule has 4 aromatic rings. The predicted molar refractivity (Wildman–Crippen MR) is 134 cm³/mol. The molecule has 1 aromatic carbocycles. The van der Waals surface area contributed by atoms with E-state index in [1.807, 2.05) is 5.38 Å². The summed E-state index contributed by atoms with van der Waals surface area (Å²) in [5.41, 5.74) is 4.40. The molecule has 3 aromatic heterocycles. The summed E-state index contributed by atoms with van der Waals surface area (Å²) in [5.74, 6) is -0.800. The van der Waals surface area contributed by atoms with E-state index in [-0.39, 0.29) is 18.6 Å². The highest BCUT2D eigenvalue weighted by Crippen LogP contribution is 2.37. The van der Waals surface area contributed by atoms with Gasteiger partial charge in [0.25, 0.3) is 5.91 Å². The van der Waals surface area contributed by atoms with E-state index in [0.717, 1.165) is 41.9 Å². The minimum Gasteiger partial charge on any atom is -0.396 e. The first-order valence-electron chi connectivity index (χ1n) is 11.6. The van der Waals surface area contributed by atoms with Gasteiger partial charge in [0.1, 0.15) is 5.69 Å². The average molecular weight is 492 g/mol. The molecule has 1 aliphatic rings. The summed E-state index contributed by atoms with van der Waals surface area (Å²) in [6.45, 7) is 1.46. The van der Waals surface area contributed by atoms with Crippen LogP contribution in [0.25, 0.3) is 0 Å². The van der Waals surface area contributed by atoms with E-state index >= 15 is 0 Å². The largest absolute Gasteiger partial charge is 0.396 e. The maximum absolute atomic E-state index is 13.4. The molecule has 1 saturated heterocycles.